The molecule has 0 saturated carbocycles. The van der Waals surface area contributed by atoms with Gasteiger partial charge in [-0.3, -0.25) is 9.63 Å². The van der Waals surface area contributed by atoms with E-state index in [-0.39, 0.29) is 16.8 Å². The smallest absolute Gasteiger partial charge is 0.264 e. The van der Waals surface area contributed by atoms with Gasteiger partial charge < -0.3 is 4.90 Å². The van der Waals surface area contributed by atoms with E-state index in [1.807, 2.05) is 44.2 Å². The molecule has 0 radical (unpaired) electrons. The molecule has 0 atom stereocenters. The van der Waals surface area contributed by atoms with Gasteiger partial charge in [0.1, 0.15) is 0 Å². The predicted octanol–water partition coefficient (Wildman–Crippen LogP) is 2.92. The highest BCUT2D eigenvalue weighted by atomic mass is 32.2. The lowest BCUT2D eigenvalue weighted by molar-refractivity contribution is -0.0258. The Morgan fingerprint density at radius 3 is 2.31 bits per heavy atom. The van der Waals surface area contributed by atoms with E-state index in [9.17, 15) is 13.2 Å². The van der Waals surface area contributed by atoms with Gasteiger partial charge in [0.05, 0.1) is 12.0 Å². The summed E-state index contributed by atoms with van der Waals surface area (Å²) in [6.07, 6.45) is 0. The van der Waals surface area contributed by atoms with Crippen LogP contribution in [0, 0.1) is 0 Å². The molecule has 6 nitrogen and oxygen atoms in total. The van der Waals surface area contributed by atoms with Crippen molar-refractivity contribution in [1.82, 2.24) is 9.37 Å². The summed E-state index contributed by atoms with van der Waals surface area (Å²) in [6, 6.07) is 15.6. The average Bonchev–Trinajstić information content (AvgIpc) is 2.65. The molecule has 0 aliphatic heterocycles. The number of carbonyl (C=O) groups excluding carboxylic acids is 1. The molecule has 0 N–H and O–H groups in total. The fourth-order valence-electron chi connectivity index (χ4n) is 2.47. The molecule has 2 rings (SSSR count). The zero-order valence-corrected chi connectivity index (χ0v) is 16.2. The molecule has 0 aliphatic rings. The number of sulfonamides is 1. The highest BCUT2D eigenvalue weighted by Gasteiger charge is 2.24. The van der Waals surface area contributed by atoms with Crippen LogP contribution in [-0.2, 0) is 21.4 Å². The van der Waals surface area contributed by atoms with Crippen molar-refractivity contribution >= 4 is 15.9 Å². The fourth-order valence-corrected chi connectivity index (χ4v) is 3.49. The number of benzene rings is 2. The molecule has 140 valence electrons. The summed E-state index contributed by atoms with van der Waals surface area (Å²) < 4.78 is 25.6. The molecule has 0 aromatic heterocycles. The van der Waals surface area contributed by atoms with Crippen LogP contribution in [0.5, 0.6) is 0 Å². The lowest BCUT2D eigenvalue weighted by atomic mass is 10.1. The Kier molecular flexibility index (Phi) is 6.52. The SMILES string of the molecule is CON(C)S(=O)(=O)c1cccc(C(=O)N(Cc2ccccc2)C(C)C)c1. The van der Waals surface area contributed by atoms with Gasteiger partial charge in [-0.1, -0.05) is 40.9 Å². The Labute approximate surface area is 155 Å². The lowest BCUT2D eigenvalue weighted by Crippen LogP contribution is -2.36. The molecule has 7 heteroatoms. The summed E-state index contributed by atoms with van der Waals surface area (Å²) in [5, 5.41) is 0. The van der Waals surface area contributed by atoms with Gasteiger partial charge in [-0.05, 0) is 37.6 Å². The number of hydrogen-bond acceptors (Lipinski definition) is 4. The molecule has 0 bridgehead atoms. The minimum Gasteiger partial charge on any atom is -0.332 e. The van der Waals surface area contributed by atoms with Crippen molar-refractivity contribution in [3.05, 3.63) is 65.7 Å². The second kappa shape index (κ2) is 8.44. The second-order valence-corrected chi connectivity index (χ2v) is 8.07. The van der Waals surface area contributed by atoms with E-state index in [0.717, 1.165) is 10.0 Å². The van der Waals surface area contributed by atoms with Crippen molar-refractivity contribution in [3.63, 3.8) is 0 Å². The van der Waals surface area contributed by atoms with E-state index in [4.69, 9.17) is 4.84 Å². The van der Waals surface area contributed by atoms with Crippen molar-refractivity contribution in [2.24, 2.45) is 0 Å². The van der Waals surface area contributed by atoms with E-state index < -0.39 is 10.0 Å². The molecule has 2 aromatic carbocycles. The molecule has 0 heterocycles. The molecule has 2 aromatic rings. The van der Waals surface area contributed by atoms with Crippen LogP contribution in [0.4, 0.5) is 0 Å². The van der Waals surface area contributed by atoms with E-state index in [1.165, 1.54) is 26.3 Å². The summed E-state index contributed by atoms with van der Waals surface area (Å²) >= 11 is 0. The van der Waals surface area contributed by atoms with Gasteiger partial charge >= 0.3 is 0 Å². The highest BCUT2D eigenvalue weighted by molar-refractivity contribution is 7.89. The van der Waals surface area contributed by atoms with Crippen LogP contribution in [0.2, 0.25) is 0 Å². The normalized spacial score (nSPS) is 11.8. The summed E-state index contributed by atoms with van der Waals surface area (Å²) in [7, 11) is -1.23. The number of nitrogens with zero attached hydrogens (tertiary/aromatic N) is 2. The molecular weight excluding hydrogens is 352 g/mol. The van der Waals surface area contributed by atoms with E-state index >= 15 is 0 Å². The molecular formula is C19H24N2O4S. The predicted molar refractivity (Wildman–Crippen MR) is 99.9 cm³/mol. The monoisotopic (exact) mass is 376 g/mol. The maximum Gasteiger partial charge on any atom is 0.264 e. The van der Waals surface area contributed by atoms with Crippen molar-refractivity contribution in [2.45, 2.75) is 31.3 Å². The largest absolute Gasteiger partial charge is 0.332 e. The maximum absolute atomic E-state index is 13.0. The molecule has 26 heavy (non-hydrogen) atoms. The van der Waals surface area contributed by atoms with Gasteiger partial charge in [-0.15, -0.1) is 0 Å². The van der Waals surface area contributed by atoms with E-state index in [2.05, 4.69) is 0 Å². The van der Waals surface area contributed by atoms with Crippen LogP contribution in [-0.4, -0.2) is 43.9 Å². The van der Waals surface area contributed by atoms with Gasteiger partial charge in [-0.2, -0.15) is 0 Å². The average molecular weight is 376 g/mol. The Hall–Kier alpha value is -2.22. The van der Waals surface area contributed by atoms with Crippen molar-refractivity contribution in [3.8, 4) is 0 Å². The Morgan fingerprint density at radius 2 is 1.73 bits per heavy atom. The van der Waals surface area contributed by atoms with Gasteiger partial charge in [-0.25, -0.2) is 8.42 Å². The zero-order chi connectivity index (χ0) is 19.3. The fraction of sp³-hybridized carbons (Fsp3) is 0.316. The van der Waals surface area contributed by atoms with Crippen LogP contribution < -0.4 is 0 Å². The van der Waals surface area contributed by atoms with Crippen molar-refractivity contribution in [1.29, 1.82) is 0 Å². The molecule has 0 unspecified atom stereocenters. The molecule has 1 amide bonds. The quantitative estimate of drug-likeness (QED) is 0.697. The third-order valence-electron chi connectivity index (χ3n) is 4.05. The third kappa shape index (κ3) is 4.49. The lowest BCUT2D eigenvalue weighted by Gasteiger charge is -2.27. The van der Waals surface area contributed by atoms with Crippen LogP contribution in [0.25, 0.3) is 0 Å². The molecule has 0 aliphatic carbocycles. The zero-order valence-electron chi connectivity index (χ0n) is 15.4. The molecule has 0 spiro atoms. The first-order valence-electron chi connectivity index (χ1n) is 8.25. The van der Waals surface area contributed by atoms with Crippen molar-refractivity contribution < 1.29 is 18.0 Å². The topological polar surface area (TPSA) is 66.9 Å². The van der Waals surface area contributed by atoms with E-state index in [0.29, 0.717) is 12.1 Å². The first-order valence-corrected chi connectivity index (χ1v) is 9.69. The number of amides is 1. The summed E-state index contributed by atoms with van der Waals surface area (Å²) in [6.45, 7) is 4.31. The second-order valence-electron chi connectivity index (χ2n) is 6.14. The number of hydroxylamine groups is 1. The first kappa shape index (κ1) is 20.1. The number of rotatable bonds is 7. The Bertz CT molecular complexity index is 851. The van der Waals surface area contributed by atoms with Gasteiger partial charge in [0.25, 0.3) is 15.9 Å². The number of hydrogen-bond donors (Lipinski definition) is 0. The summed E-state index contributed by atoms with van der Waals surface area (Å²) in [5.74, 6) is -0.221. The standard InChI is InChI=1S/C19H24N2O4S/c1-15(2)21(14-16-9-6-5-7-10-16)19(22)17-11-8-12-18(13-17)26(23,24)20(3)25-4/h5-13,15H,14H2,1-4H3. The van der Waals surface area contributed by atoms with E-state index in [1.54, 1.807) is 17.0 Å². The summed E-state index contributed by atoms with van der Waals surface area (Å²) in [5.41, 5.74) is 1.33. The number of carbonyl (C=O) groups is 1. The Morgan fingerprint density at radius 1 is 1.08 bits per heavy atom. The molecule has 0 saturated heterocycles. The van der Waals surface area contributed by atoms with Crippen LogP contribution in [0.3, 0.4) is 0 Å². The minimum atomic E-state index is -3.81. The first-order chi connectivity index (χ1) is 12.3. The minimum absolute atomic E-state index is 0.0103. The van der Waals surface area contributed by atoms with Crippen LogP contribution >= 0.6 is 0 Å². The Balaban J connectivity index is 2.34. The highest BCUT2D eigenvalue weighted by Crippen LogP contribution is 2.19. The van der Waals surface area contributed by atoms with Gasteiger partial charge in [0, 0.05) is 25.2 Å². The maximum atomic E-state index is 13.0. The van der Waals surface area contributed by atoms with Gasteiger partial charge in [0.2, 0.25) is 0 Å². The van der Waals surface area contributed by atoms with Crippen LogP contribution in [0.15, 0.2) is 59.5 Å². The van der Waals surface area contributed by atoms with Gasteiger partial charge in [0.15, 0.2) is 0 Å². The third-order valence-corrected chi connectivity index (χ3v) is 5.73. The van der Waals surface area contributed by atoms with Crippen molar-refractivity contribution in [2.75, 3.05) is 14.2 Å². The molecule has 0 fully saturated rings. The summed E-state index contributed by atoms with van der Waals surface area (Å²) in [4.78, 5) is 19.5. The van der Waals surface area contributed by atoms with Crippen LogP contribution in [0.1, 0.15) is 29.8 Å².